The molecule has 0 saturated carbocycles. The van der Waals surface area contributed by atoms with Crippen molar-refractivity contribution in [1.29, 1.82) is 0 Å². The van der Waals surface area contributed by atoms with Gasteiger partial charge in [0.05, 0.1) is 7.11 Å². The summed E-state index contributed by atoms with van der Waals surface area (Å²) >= 11 is 0. The van der Waals surface area contributed by atoms with Crippen LogP contribution in [0, 0.1) is 0 Å². The molecule has 1 aromatic rings. The lowest BCUT2D eigenvalue weighted by molar-refractivity contribution is -0.114. The van der Waals surface area contributed by atoms with Gasteiger partial charge in [-0.15, -0.1) is 0 Å². The number of unbranched alkanes of at least 4 members (excludes halogenated alkanes) is 8. The number of rotatable bonds is 14. The van der Waals surface area contributed by atoms with E-state index in [1.165, 1.54) is 70.3 Å². The van der Waals surface area contributed by atoms with Gasteiger partial charge in [-0.25, -0.2) is 0 Å². The smallest absolute Gasteiger partial charge is 0.161 e. The number of aromatic hydroxyl groups is 1. The van der Waals surface area contributed by atoms with Crippen molar-refractivity contribution in [3.05, 3.63) is 41.7 Å². The number of aliphatic hydroxyl groups is 1. The number of hydrogen-bond acceptors (Lipinski definition) is 4. The summed E-state index contributed by atoms with van der Waals surface area (Å²) < 4.78 is 5.04. The number of hydrogen-bond donors (Lipinski definition) is 2. The molecule has 0 saturated heterocycles. The maximum Gasteiger partial charge on any atom is 0.161 e. The molecule has 4 nitrogen and oxygen atoms in total. The van der Waals surface area contributed by atoms with Crippen molar-refractivity contribution in [3.8, 4) is 11.5 Å². The van der Waals surface area contributed by atoms with Gasteiger partial charge in [-0.3, -0.25) is 4.79 Å². The fourth-order valence-electron chi connectivity index (χ4n) is 2.87. The molecule has 0 atom stereocenters. The summed E-state index contributed by atoms with van der Waals surface area (Å²) in [7, 11) is 1.48. The van der Waals surface area contributed by atoms with E-state index >= 15 is 0 Å². The average molecular weight is 375 g/mol. The highest BCUT2D eigenvalue weighted by atomic mass is 16.5. The van der Waals surface area contributed by atoms with E-state index in [4.69, 9.17) is 4.74 Å². The Hall–Kier alpha value is -2.23. The van der Waals surface area contributed by atoms with Gasteiger partial charge < -0.3 is 14.9 Å². The number of phenols is 1. The molecule has 0 heterocycles. The lowest BCUT2D eigenvalue weighted by Crippen LogP contribution is -1.94. The van der Waals surface area contributed by atoms with Gasteiger partial charge in [-0.2, -0.15) is 0 Å². The van der Waals surface area contributed by atoms with Gasteiger partial charge in [-0.05, 0) is 30.2 Å². The van der Waals surface area contributed by atoms with Gasteiger partial charge in [0.1, 0.15) is 5.76 Å². The third-order valence-corrected chi connectivity index (χ3v) is 4.49. The normalized spacial score (nSPS) is 11.9. The van der Waals surface area contributed by atoms with E-state index in [0.29, 0.717) is 12.2 Å². The summed E-state index contributed by atoms with van der Waals surface area (Å²) in [6.45, 7) is 2.23. The minimum atomic E-state index is -0.0667. The van der Waals surface area contributed by atoms with Crippen molar-refractivity contribution in [2.75, 3.05) is 7.11 Å². The van der Waals surface area contributed by atoms with Gasteiger partial charge >= 0.3 is 0 Å². The topological polar surface area (TPSA) is 66.8 Å². The number of ether oxygens (including phenoxy) is 1. The first-order chi connectivity index (χ1) is 13.1. The Kier molecular flexibility index (Phi) is 11.7. The second-order valence-corrected chi connectivity index (χ2v) is 6.88. The van der Waals surface area contributed by atoms with E-state index in [1.807, 2.05) is 0 Å². The number of benzene rings is 1. The monoisotopic (exact) mass is 374 g/mol. The third-order valence-electron chi connectivity index (χ3n) is 4.49. The maximum atomic E-state index is 11.9. The molecule has 4 heteroatoms. The van der Waals surface area contributed by atoms with Crippen molar-refractivity contribution in [3.63, 3.8) is 0 Å². The predicted octanol–water partition coefficient (Wildman–Crippen LogP) is 6.35. The molecular weight excluding hydrogens is 340 g/mol. The third kappa shape index (κ3) is 10.5. The second kappa shape index (κ2) is 13.9. The first kappa shape index (κ1) is 22.8. The summed E-state index contributed by atoms with van der Waals surface area (Å²) in [5.74, 6) is 0.305. The highest BCUT2D eigenvalue weighted by molar-refractivity contribution is 5.90. The van der Waals surface area contributed by atoms with Crippen molar-refractivity contribution >= 4 is 11.9 Å². The van der Waals surface area contributed by atoms with Crippen LogP contribution in [0.4, 0.5) is 0 Å². The molecule has 27 heavy (non-hydrogen) atoms. The highest BCUT2D eigenvalue weighted by Crippen LogP contribution is 2.26. The summed E-state index contributed by atoms with van der Waals surface area (Å²) in [5, 5.41) is 19.4. The molecule has 0 aliphatic carbocycles. The molecule has 0 aliphatic rings. The zero-order chi connectivity index (χ0) is 19.9. The Bertz CT molecular complexity index is 617. The molecule has 1 aromatic carbocycles. The number of carbonyl (C=O) groups is 1. The van der Waals surface area contributed by atoms with Crippen LogP contribution in [0.3, 0.4) is 0 Å². The molecule has 0 bridgehead atoms. The van der Waals surface area contributed by atoms with Gasteiger partial charge in [-0.1, -0.05) is 70.4 Å². The van der Waals surface area contributed by atoms with Gasteiger partial charge in [0.15, 0.2) is 17.3 Å². The summed E-state index contributed by atoms with van der Waals surface area (Å²) in [6.07, 6.45) is 15.8. The highest BCUT2D eigenvalue weighted by Gasteiger charge is 2.02. The zero-order valence-electron chi connectivity index (χ0n) is 16.7. The standard InChI is InChI=1S/C23H34O4/c1-3-4-5-6-7-8-9-10-11-12-20(24)18-21(25)15-13-19-14-16-22(26)23(17-19)27-2/h13-18,25-26H,3-12H2,1-2H3/b15-13+,21-18?. The van der Waals surface area contributed by atoms with Gasteiger partial charge in [0, 0.05) is 12.5 Å². The van der Waals surface area contributed by atoms with Crippen LogP contribution in [0.1, 0.15) is 76.7 Å². The summed E-state index contributed by atoms with van der Waals surface area (Å²) in [6, 6.07) is 4.88. The number of carbonyl (C=O) groups excluding carboxylic acids is 1. The fourth-order valence-corrected chi connectivity index (χ4v) is 2.87. The number of methoxy groups -OCH3 is 1. The molecule has 0 aliphatic heterocycles. The van der Waals surface area contributed by atoms with E-state index in [1.54, 1.807) is 18.2 Å². The Morgan fingerprint density at radius 1 is 1.04 bits per heavy atom. The average Bonchev–Trinajstić information content (AvgIpc) is 2.66. The minimum Gasteiger partial charge on any atom is -0.508 e. The van der Waals surface area contributed by atoms with Crippen LogP contribution in [0.2, 0.25) is 0 Å². The zero-order valence-corrected chi connectivity index (χ0v) is 16.7. The predicted molar refractivity (Wildman–Crippen MR) is 111 cm³/mol. The first-order valence-corrected chi connectivity index (χ1v) is 10.1. The van der Waals surface area contributed by atoms with E-state index < -0.39 is 0 Å². The van der Waals surface area contributed by atoms with Crippen molar-refractivity contribution in [2.24, 2.45) is 0 Å². The lowest BCUT2D eigenvalue weighted by atomic mass is 10.1. The van der Waals surface area contributed by atoms with Crippen molar-refractivity contribution < 1.29 is 19.7 Å². The molecule has 150 valence electrons. The van der Waals surface area contributed by atoms with Crippen LogP contribution in [-0.2, 0) is 4.79 Å². The molecule has 0 unspecified atom stereocenters. The molecule has 0 spiro atoms. The quantitative estimate of drug-likeness (QED) is 0.172. The van der Waals surface area contributed by atoms with Gasteiger partial charge in [0.2, 0.25) is 0 Å². The minimum absolute atomic E-state index is 0.0524. The van der Waals surface area contributed by atoms with E-state index in [-0.39, 0.29) is 17.3 Å². The molecule has 0 fully saturated rings. The van der Waals surface area contributed by atoms with E-state index in [0.717, 1.165) is 18.4 Å². The van der Waals surface area contributed by atoms with Crippen LogP contribution in [0.5, 0.6) is 11.5 Å². The lowest BCUT2D eigenvalue weighted by Gasteiger charge is -2.03. The Labute approximate surface area is 163 Å². The van der Waals surface area contributed by atoms with Gasteiger partial charge in [0.25, 0.3) is 0 Å². The van der Waals surface area contributed by atoms with Crippen LogP contribution in [-0.4, -0.2) is 23.1 Å². The van der Waals surface area contributed by atoms with Crippen LogP contribution < -0.4 is 4.74 Å². The molecule has 1 rings (SSSR count). The summed E-state index contributed by atoms with van der Waals surface area (Å²) in [5.41, 5.74) is 0.760. The largest absolute Gasteiger partial charge is 0.508 e. The fraction of sp³-hybridized carbons (Fsp3) is 0.522. The Morgan fingerprint density at radius 2 is 1.67 bits per heavy atom. The molecule has 0 radical (unpaired) electrons. The molecule has 2 N–H and O–H groups in total. The first-order valence-electron chi connectivity index (χ1n) is 10.1. The number of allylic oxidation sites excluding steroid dienone is 2. The van der Waals surface area contributed by atoms with E-state index in [9.17, 15) is 15.0 Å². The SMILES string of the molecule is CCCCCCCCCCCC(=O)C=C(O)/C=C/c1ccc(O)c(OC)c1. The van der Waals surface area contributed by atoms with Crippen molar-refractivity contribution in [2.45, 2.75) is 71.1 Å². The molecular formula is C23H34O4. The maximum absolute atomic E-state index is 11.9. The van der Waals surface area contributed by atoms with Crippen LogP contribution >= 0.6 is 0 Å². The van der Waals surface area contributed by atoms with Crippen molar-refractivity contribution in [1.82, 2.24) is 0 Å². The Balaban J connectivity index is 2.26. The Morgan fingerprint density at radius 3 is 2.30 bits per heavy atom. The number of phenolic OH excluding ortho intramolecular Hbond substituents is 1. The second-order valence-electron chi connectivity index (χ2n) is 6.88. The number of aliphatic hydroxyl groups excluding tert-OH is 1. The molecule has 0 amide bonds. The van der Waals surface area contributed by atoms with Crippen LogP contribution in [0.15, 0.2) is 36.1 Å². The number of ketones is 1. The van der Waals surface area contributed by atoms with Crippen LogP contribution in [0.25, 0.3) is 6.08 Å². The summed E-state index contributed by atoms with van der Waals surface area (Å²) in [4.78, 5) is 11.9. The molecule has 0 aromatic heterocycles. The van der Waals surface area contributed by atoms with E-state index in [2.05, 4.69) is 6.92 Å².